The van der Waals surface area contributed by atoms with E-state index >= 15 is 0 Å². The van der Waals surface area contributed by atoms with Gasteiger partial charge in [-0.05, 0) is 18.7 Å². The van der Waals surface area contributed by atoms with Gasteiger partial charge < -0.3 is 9.84 Å². The van der Waals surface area contributed by atoms with Crippen LogP contribution in [0.5, 0.6) is 0 Å². The average molecular weight is 188 g/mol. The van der Waals surface area contributed by atoms with Crippen molar-refractivity contribution in [3.8, 4) is 6.07 Å². The first-order chi connectivity index (χ1) is 6.77. The van der Waals surface area contributed by atoms with Gasteiger partial charge in [-0.2, -0.15) is 5.26 Å². The van der Waals surface area contributed by atoms with Crippen molar-refractivity contribution in [1.82, 2.24) is 0 Å². The van der Waals surface area contributed by atoms with Crippen molar-refractivity contribution in [1.29, 1.82) is 5.26 Å². The molecule has 0 aliphatic rings. The lowest BCUT2D eigenvalue weighted by Crippen LogP contribution is -2.07. The minimum Gasteiger partial charge on any atom is -0.617 e. The molecule has 0 spiro atoms. The Morgan fingerprint density at radius 1 is 1.50 bits per heavy atom. The molecule has 0 radical (unpaired) electrons. The summed E-state index contributed by atoms with van der Waals surface area (Å²) in [5.74, 6) is -1.02. The molecule has 0 amide bonds. The molecule has 0 aromatic heterocycles. The highest BCUT2D eigenvalue weighted by atomic mass is 16.6. The van der Waals surface area contributed by atoms with E-state index in [0.717, 1.165) is 5.56 Å². The number of nitriles is 1. The number of benzene rings is 1. The molecular weight excluding hydrogens is 178 g/mol. The van der Waals surface area contributed by atoms with Crippen LogP contribution in [0.1, 0.15) is 11.5 Å². The van der Waals surface area contributed by atoms with Gasteiger partial charge in [0, 0.05) is 5.95 Å². The topological polar surface area (TPSA) is 56.1 Å². The van der Waals surface area contributed by atoms with Crippen LogP contribution in [-0.4, -0.2) is 7.11 Å². The van der Waals surface area contributed by atoms with Crippen LogP contribution >= 0.6 is 0 Å². The second kappa shape index (κ2) is 4.93. The van der Waals surface area contributed by atoms with Crippen molar-refractivity contribution in [2.45, 2.75) is 5.92 Å². The first kappa shape index (κ1) is 10.1. The van der Waals surface area contributed by atoms with Crippen LogP contribution < -0.4 is 5.11 Å². The largest absolute Gasteiger partial charge is 0.617 e. The van der Waals surface area contributed by atoms with Crippen LogP contribution in [-0.2, 0) is 4.74 Å². The monoisotopic (exact) mass is 188 g/mol. The molecule has 1 aromatic carbocycles. The Kier molecular flexibility index (Phi) is 3.57. The van der Waals surface area contributed by atoms with Gasteiger partial charge in [0.2, 0.25) is 0 Å². The maximum atomic E-state index is 10.9. The first-order valence-electron chi connectivity index (χ1n) is 4.15. The number of methoxy groups -OCH3 is 1. The van der Waals surface area contributed by atoms with Gasteiger partial charge in [-0.1, -0.05) is 30.3 Å². The van der Waals surface area contributed by atoms with E-state index in [0.29, 0.717) is 0 Å². The van der Waals surface area contributed by atoms with Crippen LogP contribution in [0.3, 0.4) is 0 Å². The van der Waals surface area contributed by atoms with Crippen molar-refractivity contribution in [2.24, 2.45) is 0 Å². The van der Waals surface area contributed by atoms with Gasteiger partial charge in [0.25, 0.3) is 0 Å². The Bertz CT molecular complexity index is 351. The summed E-state index contributed by atoms with van der Waals surface area (Å²) >= 11 is 0. The minimum absolute atomic E-state index is 0.486. The summed E-state index contributed by atoms with van der Waals surface area (Å²) in [6.45, 7) is 0. The number of ether oxygens (including phenoxy) is 1. The SMILES string of the molecule is CO/C([O-])=C/C(C#N)c1ccccc1. The van der Waals surface area contributed by atoms with Gasteiger partial charge in [0.15, 0.2) is 0 Å². The lowest BCUT2D eigenvalue weighted by Gasteiger charge is -2.11. The molecule has 0 saturated carbocycles. The molecule has 3 nitrogen and oxygen atoms in total. The van der Waals surface area contributed by atoms with Gasteiger partial charge in [-0.15, -0.1) is 0 Å². The standard InChI is InChI=1S/C11H11NO2/c1-14-11(13)7-10(8-12)9-5-3-2-4-6-9/h2-7,10,13H,1H3/p-1/b11-7+. The van der Waals surface area contributed by atoms with E-state index in [1.807, 2.05) is 24.3 Å². The van der Waals surface area contributed by atoms with Gasteiger partial charge in [-0.3, -0.25) is 0 Å². The molecule has 0 saturated heterocycles. The van der Waals surface area contributed by atoms with Crippen LogP contribution in [0.2, 0.25) is 0 Å². The molecule has 1 atom stereocenters. The van der Waals surface area contributed by atoms with Crippen molar-refractivity contribution in [3.05, 3.63) is 47.9 Å². The third kappa shape index (κ3) is 2.53. The van der Waals surface area contributed by atoms with Gasteiger partial charge in [0.05, 0.1) is 12.0 Å². The zero-order valence-corrected chi connectivity index (χ0v) is 7.81. The smallest absolute Gasteiger partial charge is 0.0913 e. The predicted octanol–water partition coefficient (Wildman–Crippen LogP) is 1.14. The molecule has 3 heteroatoms. The second-order valence-corrected chi connectivity index (χ2v) is 2.71. The molecule has 0 aliphatic heterocycles. The molecule has 0 bridgehead atoms. The van der Waals surface area contributed by atoms with Crippen molar-refractivity contribution < 1.29 is 9.84 Å². The molecule has 1 aromatic rings. The normalized spacial score (nSPS) is 13.0. The lowest BCUT2D eigenvalue weighted by molar-refractivity contribution is -0.353. The third-order valence-electron chi connectivity index (χ3n) is 1.80. The molecular formula is C11H10NO2-. The molecule has 14 heavy (non-hydrogen) atoms. The molecule has 72 valence electrons. The quantitative estimate of drug-likeness (QED) is 0.668. The number of hydrogen-bond acceptors (Lipinski definition) is 3. The van der Waals surface area contributed by atoms with Crippen molar-refractivity contribution in [3.63, 3.8) is 0 Å². The highest BCUT2D eigenvalue weighted by molar-refractivity contribution is 5.29. The summed E-state index contributed by atoms with van der Waals surface area (Å²) in [4.78, 5) is 0. The van der Waals surface area contributed by atoms with E-state index in [2.05, 4.69) is 4.74 Å². The fourth-order valence-electron chi connectivity index (χ4n) is 1.07. The van der Waals surface area contributed by atoms with Crippen molar-refractivity contribution >= 4 is 0 Å². The van der Waals surface area contributed by atoms with Crippen LogP contribution in [0.25, 0.3) is 0 Å². The Hall–Kier alpha value is -1.95. The zero-order chi connectivity index (χ0) is 10.4. The summed E-state index contributed by atoms with van der Waals surface area (Å²) in [5.41, 5.74) is 0.792. The Morgan fingerprint density at radius 2 is 2.14 bits per heavy atom. The Balaban J connectivity index is 2.90. The van der Waals surface area contributed by atoms with Crippen LogP contribution in [0.15, 0.2) is 42.4 Å². The summed E-state index contributed by atoms with van der Waals surface area (Å²) in [7, 11) is 1.29. The van der Waals surface area contributed by atoms with Crippen LogP contribution in [0.4, 0.5) is 0 Å². The van der Waals surface area contributed by atoms with E-state index < -0.39 is 11.9 Å². The summed E-state index contributed by atoms with van der Waals surface area (Å²) in [6.07, 6.45) is 1.26. The maximum Gasteiger partial charge on any atom is 0.0913 e. The Labute approximate surface area is 82.9 Å². The first-order valence-corrected chi connectivity index (χ1v) is 4.15. The Morgan fingerprint density at radius 3 is 2.64 bits per heavy atom. The molecule has 0 N–H and O–H groups in total. The average Bonchev–Trinajstić information content (AvgIpc) is 2.26. The summed E-state index contributed by atoms with van der Waals surface area (Å²) < 4.78 is 4.46. The van der Waals surface area contributed by atoms with Gasteiger partial charge in [0.1, 0.15) is 0 Å². The molecule has 0 aliphatic carbocycles. The van der Waals surface area contributed by atoms with Gasteiger partial charge in [-0.25, -0.2) is 0 Å². The fourth-order valence-corrected chi connectivity index (χ4v) is 1.07. The maximum absolute atomic E-state index is 10.9. The van der Waals surface area contributed by atoms with Gasteiger partial charge >= 0.3 is 0 Å². The molecule has 1 rings (SSSR count). The number of allylic oxidation sites excluding steroid dienone is 1. The van der Waals surface area contributed by atoms with Crippen molar-refractivity contribution in [2.75, 3.05) is 7.11 Å². The van der Waals surface area contributed by atoms with Crippen LogP contribution in [0, 0.1) is 11.3 Å². The highest BCUT2D eigenvalue weighted by Gasteiger charge is 2.05. The van der Waals surface area contributed by atoms with E-state index in [4.69, 9.17) is 5.26 Å². The molecule has 1 unspecified atom stereocenters. The summed E-state index contributed by atoms with van der Waals surface area (Å²) in [6, 6.07) is 11.1. The molecule has 0 fully saturated rings. The van der Waals surface area contributed by atoms with E-state index in [1.165, 1.54) is 13.2 Å². The predicted molar refractivity (Wildman–Crippen MR) is 49.9 cm³/mol. The molecule has 0 heterocycles. The zero-order valence-electron chi connectivity index (χ0n) is 7.81. The summed E-state index contributed by atoms with van der Waals surface area (Å²) in [5, 5.41) is 19.8. The third-order valence-corrected chi connectivity index (χ3v) is 1.80. The minimum atomic E-state index is -0.538. The van der Waals surface area contributed by atoms with E-state index in [-0.39, 0.29) is 0 Å². The lowest BCUT2D eigenvalue weighted by atomic mass is 10.0. The fraction of sp³-hybridized carbons (Fsp3) is 0.182. The highest BCUT2D eigenvalue weighted by Crippen LogP contribution is 2.16. The second-order valence-electron chi connectivity index (χ2n) is 2.71. The number of rotatable bonds is 3. The van der Waals surface area contributed by atoms with E-state index in [9.17, 15) is 5.11 Å². The number of hydrogen-bond donors (Lipinski definition) is 0. The van der Waals surface area contributed by atoms with E-state index in [1.54, 1.807) is 12.1 Å². The number of nitrogens with zero attached hydrogens (tertiary/aromatic N) is 1.